The van der Waals surface area contributed by atoms with Crippen LogP contribution in [0.3, 0.4) is 0 Å². The van der Waals surface area contributed by atoms with Crippen LogP contribution < -0.4 is 0 Å². The molecule has 1 aliphatic rings. The van der Waals surface area contributed by atoms with Crippen molar-refractivity contribution in [3.63, 3.8) is 0 Å². The molecule has 8 heteroatoms. The molecule has 8 nitrogen and oxygen atoms in total. The quantitative estimate of drug-likeness (QED) is 0.781. The summed E-state index contributed by atoms with van der Waals surface area (Å²) in [6.45, 7) is 0. The fraction of sp³-hybridized carbons (Fsp3) is 0.571. The third kappa shape index (κ3) is 3.26. The maximum atomic E-state index is 4.69. The smallest absolute Gasteiger partial charge is 0.168 e. The van der Waals surface area contributed by atoms with Crippen LogP contribution in [0.5, 0.6) is 0 Å². The molecule has 2 aromatic rings. The Morgan fingerprint density at radius 1 is 0.909 bits per heavy atom. The van der Waals surface area contributed by atoms with Gasteiger partial charge in [-0.05, 0) is 12.8 Å². The Labute approximate surface area is 129 Å². The van der Waals surface area contributed by atoms with Crippen LogP contribution in [0, 0.1) is 0 Å². The van der Waals surface area contributed by atoms with Crippen molar-refractivity contribution in [1.29, 1.82) is 0 Å². The van der Waals surface area contributed by atoms with Crippen molar-refractivity contribution in [2.24, 2.45) is 24.1 Å². The molecule has 0 aliphatic heterocycles. The summed E-state index contributed by atoms with van der Waals surface area (Å²) < 4.78 is 3.42. The number of nitrogens with zero attached hydrogens (tertiary/aromatic N) is 8. The molecule has 0 amide bonds. The Morgan fingerprint density at radius 3 is 1.73 bits per heavy atom. The molecule has 1 aliphatic carbocycles. The minimum atomic E-state index is 0.190. The first-order chi connectivity index (χ1) is 10.7. The van der Waals surface area contributed by atoms with Crippen molar-refractivity contribution in [3.05, 3.63) is 24.3 Å². The van der Waals surface area contributed by atoms with Gasteiger partial charge in [0.05, 0.1) is 24.5 Å². The van der Waals surface area contributed by atoms with E-state index in [9.17, 15) is 0 Å². The molecule has 0 aromatic carbocycles. The van der Waals surface area contributed by atoms with E-state index in [1.165, 1.54) is 25.5 Å². The lowest BCUT2D eigenvalue weighted by molar-refractivity contribution is 0.390. The lowest BCUT2D eigenvalue weighted by atomic mass is 9.91. The first-order valence-electron chi connectivity index (χ1n) is 7.48. The van der Waals surface area contributed by atoms with E-state index < -0.39 is 0 Å². The Balaban J connectivity index is 1.71. The van der Waals surface area contributed by atoms with Gasteiger partial charge >= 0.3 is 0 Å². The summed E-state index contributed by atoms with van der Waals surface area (Å²) >= 11 is 0. The van der Waals surface area contributed by atoms with Crippen molar-refractivity contribution in [3.8, 4) is 0 Å². The van der Waals surface area contributed by atoms with Gasteiger partial charge in [0.2, 0.25) is 0 Å². The molecule has 0 saturated heterocycles. The molecule has 0 bridgehead atoms. The standard InChI is InChI=1S/C14H20N8/c1-21-13(17-9-19-21)7-15-11-5-3-4-6-12(11)16-8-14-18-10-20-22(14)2/h7-12H,3-6H2,1-2H3/b15-7+,16-8+. The van der Waals surface area contributed by atoms with Gasteiger partial charge in [-0.25, -0.2) is 19.3 Å². The topological polar surface area (TPSA) is 86.1 Å². The van der Waals surface area contributed by atoms with Gasteiger partial charge in [0.25, 0.3) is 0 Å². The largest absolute Gasteiger partial charge is 0.284 e. The van der Waals surface area contributed by atoms with E-state index in [-0.39, 0.29) is 12.1 Å². The predicted molar refractivity (Wildman–Crippen MR) is 83.2 cm³/mol. The van der Waals surface area contributed by atoms with Gasteiger partial charge in [-0.1, -0.05) is 12.8 Å². The summed E-state index contributed by atoms with van der Waals surface area (Å²) in [5.41, 5.74) is 0. The van der Waals surface area contributed by atoms with Crippen LogP contribution in [-0.2, 0) is 14.1 Å². The van der Waals surface area contributed by atoms with Crippen LogP contribution >= 0.6 is 0 Å². The molecule has 116 valence electrons. The molecule has 2 aromatic heterocycles. The van der Waals surface area contributed by atoms with Crippen molar-refractivity contribution in [2.75, 3.05) is 0 Å². The summed E-state index contributed by atoms with van der Waals surface area (Å²) in [7, 11) is 3.72. The van der Waals surface area contributed by atoms with E-state index in [2.05, 4.69) is 30.2 Å². The van der Waals surface area contributed by atoms with Gasteiger partial charge in [-0.15, -0.1) is 0 Å². The SMILES string of the molecule is Cn1ncnc1/C=N/C1CCCCC1/N=C/c1ncnn1C. The average Bonchev–Trinajstić information content (AvgIpc) is 3.12. The van der Waals surface area contributed by atoms with Crippen molar-refractivity contribution < 1.29 is 0 Å². The molecule has 2 unspecified atom stereocenters. The Bertz CT molecular complexity index is 610. The summed E-state index contributed by atoms with van der Waals surface area (Å²) in [5, 5.41) is 8.09. The molecule has 0 radical (unpaired) electrons. The van der Waals surface area contributed by atoms with Gasteiger partial charge < -0.3 is 0 Å². The van der Waals surface area contributed by atoms with E-state index in [1.54, 1.807) is 21.8 Å². The highest BCUT2D eigenvalue weighted by Gasteiger charge is 2.23. The molecular formula is C14H20N8. The van der Waals surface area contributed by atoms with Crippen molar-refractivity contribution in [2.45, 2.75) is 37.8 Å². The molecule has 2 heterocycles. The van der Waals surface area contributed by atoms with Crippen LogP contribution in [0.4, 0.5) is 0 Å². The van der Waals surface area contributed by atoms with E-state index in [0.29, 0.717) is 0 Å². The number of aliphatic imine (C=N–C) groups is 2. The summed E-state index contributed by atoms with van der Waals surface area (Å²) in [4.78, 5) is 17.7. The molecule has 0 N–H and O–H groups in total. The third-order valence-electron chi connectivity index (χ3n) is 3.95. The average molecular weight is 300 g/mol. The third-order valence-corrected chi connectivity index (χ3v) is 3.95. The molecule has 22 heavy (non-hydrogen) atoms. The van der Waals surface area contributed by atoms with Crippen molar-refractivity contribution >= 4 is 12.4 Å². The van der Waals surface area contributed by atoms with Gasteiger partial charge in [0.1, 0.15) is 12.7 Å². The lowest BCUT2D eigenvalue weighted by Crippen LogP contribution is -2.27. The van der Waals surface area contributed by atoms with Crippen LogP contribution in [-0.4, -0.2) is 54.0 Å². The molecular weight excluding hydrogens is 280 g/mol. The first kappa shape index (κ1) is 14.6. The van der Waals surface area contributed by atoms with Crippen LogP contribution in [0.1, 0.15) is 37.3 Å². The van der Waals surface area contributed by atoms with E-state index in [4.69, 9.17) is 0 Å². The molecule has 2 atom stereocenters. The molecule has 1 saturated carbocycles. The second kappa shape index (κ2) is 6.59. The second-order valence-corrected chi connectivity index (χ2v) is 5.46. The Morgan fingerprint density at radius 2 is 1.36 bits per heavy atom. The highest BCUT2D eigenvalue weighted by atomic mass is 15.3. The minimum absolute atomic E-state index is 0.190. The first-order valence-corrected chi connectivity index (χ1v) is 7.48. The maximum absolute atomic E-state index is 4.69. The van der Waals surface area contributed by atoms with E-state index in [1.807, 2.05) is 14.1 Å². The highest BCUT2D eigenvalue weighted by molar-refractivity contribution is 5.75. The maximum Gasteiger partial charge on any atom is 0.168 e. The van der Waals surface area contributed by atoms with Gasteiger partial charge in [0.15, 0.2) is 11.6 Å². The predicted octanol–water partition coefficient (Wildman–Crippen LogP) is 0.793. The summed E-state index contributed by atoms with van der Waals surface area (Å²) in [5.74, 6) is 1.53. The van der Waals surface area contributed by atoms with Gasteiger partial charge in [-0.2, -0.15) is 10.2 Å². The summed E-state index contributed by atoms with van der Waals surface area (Å²) in [6.07, 6.45) is 11.2. The van der Waals surface area contributed by atoms with Gasteiger partial charge in [-0.3, -0.25) is 9.98 Å². The number of hydrogen-bond acceptors (Lipinski definition) is 6. The van der Waals surface area contributed by atoms with E-state index in [0.717, 1.165) is 24.5 Å². The van der Waals surface area contributed by atoms with E-state index >= 15 is 0 Å². The Kier molecular flexibility index (Phi) is 4.36. The number of rotatable bonds is 4. The molecule has 1 fully saturated rings. The summed E-state index contributed by atoms with van der Waals surface area (Å²) in [6, 6.07) is 0.379. The molecule has 3 rings (SSSR count). The Hall–Kier alpha value is -2.38. The van der Waals surface area contributed by atoms with Crippen LogP contribution in [0.15, 0.2) is 22.6 Å². The van der Waals surface area contributed by atoms with Crippen LogP contribution in [0.2, 0.25) is 0 Å². The van der Waals surface area contributed by atoms with Gasteiger partial charge in [0, 0.05) is 14.1 Å². The number of aromatic nitrogens is 6. The molecule has 0 spiro atoms. The zero-order valence-corrected chi connectivity index (χ0v) is 12.9. The second-order valence-electron chi connectivity index (χ2n) is 5.46. The monoisotopic (exact) mass is 300 g/mol. The highest BCUT2D eigenvalue weighted by Crippen LogP contribution is 2.23. The van der Waals surface area contributed by atoms with Crippen molar-refractivity contribution in [1.82, 2.24) is 29.5 Å². The fourth-order valence-electron chi connectivity index (χ4n) is 2.61. The zero-order valence-electron chi connectivity index (χ0n) is 12.9. The normalized spacial score (nSPS) is 22.8. The minimum Gasteiger partial charge on any atom is -0.284 e. The zero-order chi connectivity index (χ0) is 15.4. The number of hydrogen-bond donors (Lipinski definition) is 0. The van der Waals surface area contributed by atoms with Crippen LogP contribution in [0.25, 0.3) is 0 Å². The lowest BCUT2D eigenvalue weighted by Gasteiger charge is -2.25. The number of aryl methyl sites for hydroxylation is 2. The fourth-order valence-corrected chi connectivity index (χ4v) is 2.61.